The van der Waals surface area contributed by atoms with Gasteiger partial charge in [0, 0.05) is 12.0 Å². The predicted molar refractivity (Wildman–Crippen MR) is 64.2 cm³/mol. The number of rotatable bonds is 5. The summed E-state index contributed by atoms with van der Waals surface area (Å²) >= 11 is 0. The molecule has 0 spiro atoms. The molecule has 0 aliphatic rings. The lowest BCUT2D eigenvalue weighted by Gasteiger charge is -2.23. The van der Waals surface area contributed by atoms with Gasteiger partial charge in [0.2, 0.25) is 0 Å². The summed E-state index contributed by atoms with van der Waals surface area (Å²) in [7, 11) is 0. The van der Waals surface area contributed by atoms with E-state index in [-0.39, 0.29) is 5.54 Å². The molecule has 0 amide bonds. The van der Waals surface area contributed by atoms with Crippen LogP contribution < -0.4 is 5.32 Å². The van der Waals surface area contributed by atoms with Crippen molar-refractivity contribution in [2.45, 2.75) is 59.4 Å². The van der Waals surface area contributed by atoms with Crippen LogP contribution in [-0.2, 0) is 0 Å². The molecule has 0 rings (SSSR count). The molecule has 0 aliphatic heterocycles. The lowest BCUT2D eigenvalue weighted by Crippen LogP contribution is -2.38. The third kappa shape index (κ3) is 9.61. The van der Waals surface area contributed by atoms with E-state index in [1.165, 1.54) is 12.8 Å². The molecular weight excluding hydrogens is 170 g/mol. The number of hydrogen-bond donors (Lipinski definition) is 1. The van der Waals surface area contributed by atoms with Crippen LogP contribution in [0.3, 0.4) is 0 Å². The highest BCUT2D eigenvalue weighted by Crippen LogP contribution is 2.08. The van der Waals surface area contributed by atoms with E-state index in [0.29, 0.717) is 0 Å². The Bertz CT molecular complexity index is 190. The minimum absolute atomic E-state index is 0.248. The largest absolute Gasteiger partial charge is 0.312 e. The molecule has 1 nitrogen and oxygen atoms in total. The van der Waals surface area contributed by atoms with Gasteiger partial charge < -0.3 is 5.32 Å². The lowest BCUT2D eigenvalue weighted by molar-refractivity contribution is 0.369. The van der Waals surface area contributed by atoms with Gasteiger partial charge in [0.15, 0.2) is 0 Å². The molecule has 0 bridgehead atoms. The molecule has 14 heavy (non-hydrogen) atoms. The Morgan fingerprint density at radius 3 is 2.43 bits per heavy atom. The minimum Gasteiger partial charge on any atom is -0.312 e. The average molecular weight is 195 g/mol. The van der Waals surface area contributed by atoms with E-state index in [1.807, 2.05) is 6.92 Å². The Labute approximate surface area is 89.7 Å². The van der Waals surface area contributed by atoms with Crippen LogP contribution in [0.4, 0.5) is 0 Å². The van der Waals surface area contributed by atoms with Gasteiger partial charge in [-0.25, -0.2) is 0 Å². The summed E-state index contributed by atoms with van der Waals surface area (Å²) in [6.07, 6.45) is 3.56. The molecule has 1 atom stereocenters. The van der Waals surface area contributed by atoms with E-state index >= 15 is 0 Å². The summed E-state index contributed by atoms with van der Waals surface area (Å²) in [6.45, 7) is 12.0. The van der Waals surface area contributed by atoms with Crippen molar-refractivity contribution in [2.24, 2.45) is 5.92 Å². The van der Waals surface area contributed by atoms with Gasteiger partial charge in [-0.3, -0.25) is 0 Å². The number of hydrogen-bond acceptors (Lipinski definition) is 1. The second kappa shape index (κ2) is 6.90. The van der Waals surface area contributed by atoms with E-state index in [1.54, 1.807) is 0 Å². The van der Waals surface area contributed by atoms with Gasteiger partial charge in [-0.15, -0.1) is 11.8 Å². The van der Waals surface area contributed by atoms with Crippen molar-refractivity contribution < 1.29 is 0 Å². The fourth-order valence-electron chi connectivity index (χ4n) is 1.25. The maximum Gasteiger partial charge on any atom is 0.00966 e. The monoisotopic (exact) mass is 195 g/mol. The Hall–Kier alpha value is -0.480. The normalized spacial score (nSPS) is 13.2. The fourth-order valence-corrected chi connectivity index (χ4v) is 1.25. The summed E-state index contributed by atoms with van der Waals surface area (Å²) in [6, 6.07) is 0. The quantitative estimate of drug-likeness (QED) is 0.525. The highest BCUT2D eigenvalue weighted by atomic mass is 14.9. The molecule has 0 radical (unpaired) electrons. The van der Waals surface area contributed by atoms with Crippen molar-refractivity contribution in [3.05, 3.63) is 0 Å². The molecule has 0 fully saturated rings. The summed E-state index contributed by atoms with van der Waals surface area (Å²) in [4.78, 5) is 0. The van der Waals surface area contributed by atoms with E-state index in [0.717, 1.165) is 18.9 Å². The molecule has 1 N–H and O–H groups in total. The maximum atomic E-state index is 3.53. The minimum atomic E-state index is 0.248. The average Bonchev–Trinajstić information content (AvgIpc) is 2.08. The fraction of sp³-hybridized carbons (Fsp3) is 0.846. The molecule has 0 heterocycles. The van der Waals surface area contributed by atoms with Crippen LogP contribution in [0, 0.1) is 17.8 Å². The summed E-state index contributed by atoms with van der Waals surface area (Å²) in [5.41, 5.74) is 0.248. The smallest absolute Gasteiger partial charge is 0.00966 e. The Balaban J connectivity index is 3.44. The molecule has 0 aromatic carbocycles. The van der Waals surface area contributed by atoms with Crippen LogP contribution in [0.5, 0.6) is 0 Å². The molecule has 0 aromatic heterocycles. The van der Waals surface area contributed by atoms with Gasteiger partial charge >= 0.3 is 0 Å². The van der Waals surface area contributed by atoms with Crippen molar-refractivity contribution in [3.63, 3.8) is 0 Å². The molecule has 0 saturated carbocycles. The maximum absolute atomic E-state index is 3.53. The Kier molecular flexibility index (Phi) is 6.66. The highest BCUT2D eigenvalue weighted by Gasteiger charge is 2.10. The van der Waals surface area contributed by atoms with Crippen LogP contribution in [0.25, 0.3) is 0 Å². The summed E-state index contributed by atoms with van der Waals surface area (Å²) < 4.78 is 0. The Morgan fingerprint density at radius 1 is 1.29 bits per heavy atom. The first-order chi connectivity index (χ1) is 6.45. The second-order valence-electron chi connectivity index (χ2n) is 5.06. The zero-order valence-electron chi connectivity index (χ0n) is 10.4. The number of unbranched alkanes of at least 4 members (excludes halogenated alkanes) is 1. The summed E-state index contributed by atoms with van der Waals surface area (Å²) in [5, 5.41) is 3.53. The van der Waals surface area contributed by atoms with Crippen molar-refractivity contribution in [1.82, 2.24) is 5.32 Å². The lowest BCUT2D eigenvalue weighted by atomic mass is 10.0. The topological polar surface area (TPSA) is 12.0 Å². The van der Waals surface area contributed by atoms with Crippen LogP contribution in [-0.4, -0.2) is 12.1 Å². The SMILES string of the molecule is CC#CCCCC(C)CNC(C)(C)C. The molecule has 0 aliphatic carbocycles. The van der Waals surface area contributed by atoms with E-state index in [2.05, 4.69) is 44.9 Å². The van der Waals surface area contributed by atoms with Gasteiger partial charge in [0.1, 0.15) is 0 Å². The molecule has 0 saturated heterocycles. The molecular formula is C13H25N. The standard InChI is InChI=1S/C13H25N/c1-6-7-8-9-10-12(2)11-14-13(3,4)5/h12,14H,8-11H2,1-5H3. The number of nitrogens with one attached hydrogen (secondary N) is 1. The first kappa shape index (κ1) is 13.5. The van der Waals surface area contributed by atoms with E-state index in [9.17, 15) is 0 Å². The van der Waals surface area contributed by atoms with Gasteiger partial charge in [0.05, 0.1) is 0 Å². The first-order valence-corrected chi connectivity index (χ1v) is 5.60. The van der Waals surface area contributed by atoms with Gasteiger partial charge in [-0.05, 0) is 53.0 Å². The molecule has 0 aromatic rings. The van der Waals surface area contributed by atoms with Crippen LogP contribution >= 0.6 is 0 Å². The van der Waals surface area contributed by atoms with Crippen molar-refractivity contribution >= 4 is 0 Å². The summed E-state index contributed by atoms with van der Waals surface area (Å²) in [5.74, 6) is 6.79. The predicted octanol–water partition coefficient (Wildman–Crippen LogP) is 3.20. The van der Waals surface area contributed by atoms with E-state index in [4.69, 9.17) is 0 Å². The second-order valence-corrected chi connectivity index (χ2v) is 5.06. The first-order valence-electron chi connectivity index (χ1n) is 5.60. The van der Waals surface area contributed by atoms with Crippen LogP contribution in [0.1, 0.15) is 53.9 Å². The van der Waals surface area contributed by atoms with Crippen LogP contribution in [0.15, 0.2) is 0 Å². The van der Waals surface area contributed by atoms with Gasteiger partial charge in [-0.1, -0.05) is 6.92 Å². The zero-order valence-corrected chi connectivity index (χ0v) is 10.4. The van der Waals surface area contributed by atoms with Crippen molar-refractivity contribution in [1.29, 1.82) is 0 Å². The third-order valence-electron chi connectivity index (χ3n) is 2.16. The van der Waals surface area contributed by atoms with Crippen molar-refractivity contribution in [2.75, 3.05) is 6.54 Å². The molecule has 1 unspecified atom stereocenters. The van der Waals surface area contributed by atoms with E-state index < -0.39 is 0 Å². The zero-order chi connectivity index (χ0) is 11.0. The van der Waals surface area contributed by atoms with Crippen LogP contribution in [0.2, 0.25) is 0 Å². The Morgan fingerprint density at radius 2 is 1.93 bits per heavy atom. The van der Waals surface area contributed by atoms with Gasteiger partial charge in [0.25, 0.3) is 0 Å². The van der Waals surface area contributed by atoms with Gasteiger partial charge in [-0.2, -0.15) is 0 Å². The van der Waals surface area contributed by atoms with Crippen molar-refractivity contribution in [3.8, 4) is 11.8 Å². The molecule has 1 heteroatoms. The highest BCUT2D eigenvalue weighted by molar-refractivity contribution is 4.94. The molecule has 82 valence electrons. The third-order valence-corrected chi connectivity index (χ3v) is 2.16.